The SMILES string of the molecule is CCOc1ccc(C(C)NC(=O)c2ccc(SC)cc2OC)cc1OCC. The number of amides is 1. The molecule has 0 saturated carbocycles. The first-order valence-corrected chi connectivity index (χ1v) is 10.2. The van der Waals surface area contributed by atoms with Crippen LogP contribution in [0.1, 0.15) is 42.7 Å². The van der Waals surface area contributed by atoms with Crippen molar-refractivity contribution >= 4 is 17.7 Å². The minimum Gasteiger partial charge on any atom is -0.496 e. The fourth-order valence-corrected chi connectivity index (χ4v) is 3.11. The van der Waals surface area contributed by atoms with Crippen LogP contribution in [0.3, 0.4) is 0 Å². The van der Waals surface area contributed by atoms with Crippen LogP contribution in [0.15, 0.2) is 41.3 Å². The van der Waals surface area contributed by atoms with E-state index in [0.29, 0.717) is 36.0 Å². The van der Waals surface area contributed by atoms with Gasteiger partial charge < -0.3 is 19.5 Å². The average molecular weight is 390 g/mol. The summed E-state index contributed by atoms with van der Waals surface area (Å²) in [5.41, 5.74) is 1.45. The third kappa shape index (κ3) is 5.32. The quantitative estimate of drug-likeness (QED) is 0.630. The van der Waals surface area contributed by atoms with E-state index in [2.05, 4.69) is 5.32 Å². The molecule has 6 heteroatoms. The lowest BCUT2D eigenvalue weighted by Crippen LogP contribution is -2.27. The molecular formula is C21H27NO4S. The van der Waals surface area contributed by atoms with Gasteiger partial charge in [0.15, 0.2) is 11.5 Å². The molecule has 0 spiro atoms. The van der Waals surface area contributed by atoms with Gasteiger partial charge in [0.2, 0.25) is 0 Å². The van der Waals surface area contributed by atoms with E-state index >= 15 is 0 Å². The van der Waals surface area contributed by atoms with Crippen molar-refractivity contribution in [1.82, 2.24) is 5.32 Å². The lowest BCUT2D eigenvalue weighted by Gasteiger charge is -2.18. The molecule has 0 heterocycles. The average Bonchev–Trinajstić information content (AvgIpc) is 2.68. The predicted octanol–water partition coefficient (Wildman–Crippen LogP) is 4.71. The van der Waals surface area contributed by atoms with Crippen LogP contribution in [-0.4, -0.2) is 32.5 Å². The van der Waals surface area contributed by atoms with Gasteiger partial charge in [0.25, 0.3) is 5.91 Å². The second-order valence-corrected chi connectivity index (χ2v) is 6.71. The third-order valence-electron chi connectivity index (χ3n) is 4.07. The fraction of sp³-hybridized carbons (Fsp3) is 0.381. The van der Waals surface area contributed by atoms with Crippen molar-refractivity contribution in [3.05, 3.63) is 47.5 Å². The van der Waals surface area contributed by atoms with Crippen molar-refractivity contribution in [2.45, 2.75) is 31.7 Å². The van der Waals surface area contributed by atoms with E-state index in [1.807, 2.05) is 57.4 Å². The van der Waals surface area contributed by atoms with Crippen LogP contribution in [0.25, 0.3) is 0 Å². The van der Waals surface area contributed by atoms with Gasteiger partial charge in [-0.1, -0.05) is 6.07 Å². The molecular weight excluding hydrogens is 362 g/mol. The minimum atomic E-state index is -0.197. The van der Waals surface area contributed by atoms with E-state index in [1.54, 1.807) is 24.9 Å². The van der Waals surface area contributed by atoms with Crippen LogP contribution in [0.5, 0.6) is 17.2 Å². The number of carbonyl (C=O) groups excluding carboxylic acids is 1. The number of nitrogens with one attached hydrogen (secondary N) is 1. The lowest BCUT2D eigenvalue weighted by molar-refractivity contribution is 0.0936. The summed E-state index contributed by atoms with van der Waals surface area (Å²) in [7, 11) is 1.57. The molecule has 0 aliphatic heterocycles. The Morgan fingerprint density at radius 2 is 1.74 bits per heavy atom. The number of rotatable bonds is 9. The van der Waals surface area contributed by atoms with Gasteiger partial charge in [-0.3, -0.25) is 4.79 Å². The summed E-state index contributed by atoms with van der Waals surface area (Å²) in [6, 6.07) is 11.1. The van der Waals surface area contributed by atoms with E-state index in [1.165, 1.54) is 0 Å². The zero-order valence-corrected chi connectivity index (χ0v) is 17.3. The van der Waals surface area contributed by atoms with Crippen molar-refractivity contribution in [1.29, 1.82) is 0 Å². The fourth-order valence-electron chi connectivity index (χ4n) is 2.68. The van der Waals surface area contributed by atoms with Gasteiger partial charge in [-0.15, -0.1) is 11.8 Å². The molecule has 1 unspecified atom stereocenters. The maximum absolute atomic E-state index is 12.7. The summed E-state index contributed by atoms with van der Waals surface area (Å²) in [5.74, 6) is 1.77. The van der Waals surface area contributed by atoms with E-state index in [-0.39, 0.29) is 11.9 Å². The molecule has 0 saturated heterocycles. The zero-order chi connectivity index (χ0) is 19.8. The van der Waals surface area contributed by atoms with Gasteiger partial charge in [0.05, 0.1) is 31.9 Å². The molecule has 1 atom stereocenters. The zero-order valence-electron chi connectivity index (χ0n) is 16.5. The molecule has 0 fully saturated rings. The van der Waals surface area contributed by atoms with Crippen LogP contribution in [0, 0.1) is 0 Å². The molecule has 0 aliphatic rings. The van der Waals surface area contributed by atoms with Gasteiger partial charge in [-0.2, -0.15) is 0 Å². The summed E-state index contributed by atoms with van der Waals surface area (Å²) in [6.07, 6.45) is 1.98. The summed E-state index contributed by atoms with van der Waals surface area (Å²) >= 11 is 1.60. The predicted molar refractivity (Wildman–Crippen MR) is 109 cm³/mol. The normalized spacial score (nSPS) is 11.6. The molecule has 2 aromatic carbocycles. The number of benzene rings is 2. The first kappa shape index (κ1) is 21.0. The van der Waals surface area contributed by atoms with E-state index in [4.69, 9.17) is 14.2 Å². The van der Waals surface area contributed by atoms with Crippen molar-refractivity contribution in [3.8, 4) is 17.2 Å². The molecule has 2 aromatic rings. The third-order valence-corrected chi connectivity index (χ3v) is 4.79. The van der Waals surface area contributed by atoms with Crippen molar-refractivity contribution in [2.75, 3.05) is 26.6 Å². The van der Waals surface area contributed by atoms with Gasteiger partial charge >= 0.3 is 0 Å². The molecule has 27 heavy (non-hydrogen) atoms. The number of carbonyl (C=O) groups is 1. The summed E-state index contributed by atoms with van der Waals surface area (Å²) in [5, 5.41) is 3.02. The number of hydrogen-bond donors (Lipinski definition) is 1. The van der Waals surface area contributed by atoms with Crippen molar-refractivity contribution < 1.29 is 19.0 Å². The van der Waals surface area contributed by atoms with Crippen molar-refractivity contribution in [3.63, 3.8) is 0 Å². The maximum atomic E-state index is 12.7. The molecule has 0 radical (unpaired) electrons. The Morgan fingerprint density at radius 1 is 1.04 bits per heavy atom. The first-order valence-electron chi connectivity index (χ1n) is 8.96. The first-order chi connectivity index (χ1) is 13.0. The highest BCUT2D eigenvalue weighted by Crippen LogP contribution is 2.31. The maximum Gasteiger partial charge on any atom is 0.255 e. The van der Waals surface area contributed by atoms with Crippen molar-refractivity contribution in [2.24, 2.45) is 0 Å². The Balaban J connectivity index is 2.20. The highest BCUT2D eigenvalue weighted by Gasteiger charge is 2.17. The topological polar surface area (TPSA) is 56.8 Å². The Kier molecular flexibility index (Phi) is 7.85. The smallest absolute Gasteiger partial charge is 0.255 e. The highest BCUT2D eigenvalue weighted by atomic mass is 32.2. The van der Waals surface area contributed by atoms with Gasteiger partial charge in [0, 0.05) is 4.90 Å². The van der Waals surface area contributed by atoms with Crippen LogP contribution in [0.2, 0.25) is 0 Å². The summed E-state index contributed by atoms with van der Waals surface area (Å²) < 4.78 is 16.6. The van der Waals surface area contributed by atoms with E-state index in [0.717, 1.165) is 10.5 Å². The summed E-state index contributed by atoms with van der Waals surface area (Å²) in [4.78, 5) is 13.8. The number of methoxy groups -OCH3 is 1. The minimum absolute atomic E-state index is 0.182. The highest BCUT2D eigenvalue weighted by molar-refractivity contribution is 7.98. The lowest BCUT2D eigenvalue weighted by atomic mass is 10.1. The second kappa shape index (κ2) is 10.1. The molecule has 5 nitrogen and oxygen atoms in total. The molecule has 2 rings (SSSR count). The van der Waals surface area contributed by atoms with Crippen LogP contribution in [0.4, 0.5) is 0 Å². The molecule has 0 aromatic heterocycles. The van der Waals surface area contributed by atoms with Crippen LogP contribution >= 0.6 is 11.8 Å². The summed E-state index contributed by atoms with van der Waals surface area (Å²) in [6.45, 7) is 6.91. The number of hydrogen-bond acceptors (Lipinski definition) is 5. The second-order valence-electron chi connectivity index (χ2n) is 5.83. The number of ether oxygens (including phenoxy) is 3. The molecule has 1 amide bonds. The van der Waals surface area contributed by atoms with Gasteiger partial charge in [0.1, 0.15) is 5.75 Å². The van der Waals surface area contributed by atoms with Crippen LogP contribution < -0.4 is 19.5 Å². The molecule has 0 aliphatic carbocycles. The largest absolute Gasteiger partial charge is 0.496 e. The molecule has 1 N–H and O–H groups in total. The monoisotopic (exact) mass is 389 g/mol. The Hall–Kier alpha value is -2.34. The van der Waals surface area contributed by atoms with E-state index < -0.39 is 0 Å². The van der Waals surface area contributed by atoms with Gasteiger partial charge in [-0.05, 0) is 62.9 Å². The Labute approximate surface area is 165 Å². The molecule has 0 bridgehead atoms. The molecule has 146 valence electrons. The standard InChI is InChI=1S/C21H27NO4S/c1-6-25-18-11-8-15(12-20(18)26-7-2)14(3)22-21(23)17-10-9-16(27-5)13-19(17)24-4/h8-14H,6-7H2,1-5H3,(H,22,23). The van der Waals surface area contributed by atoms with Gasteiger partial charge in [-0.25, -0.2) is 0 Å². The Bertz CT molecular complexity index is 779. The number of thioether (sulfide) groups is 1. The van der Waals surface area contributed by atoms with Crippen LogP contribution in [-0.2, 0) is 0 Å². The Morgan fingerprint density at radius 3 is 2.37 bits per heavy atom. The van der Waals surface area contributed by atoms with E-state index in [9.17, 15) is 4.79 Å².